The summed E-state index contributed by atoms with van der Waals surface area (Å²) in [6.45, 7) is 11.4. The van der Waals surface area contributed by atoms with Crippen molar-refractivity contribution in [2.75, 3.05) is 0 Å². The lowest BCUT2D eigenvalue weighted by Crippen LogP contribution is -2.16. The average molecular weight is 297 g/mol. The van der Waals surface area contributed by atoms with Gasteiger partial charge in [0.25, 0.3) is 0 Å². The van der Waals surface area contributed by atoms with E-state index < -0.39 is 0 Å². The fourth-order valence-corrected chi connectivity index (χ4v) is 2.49. The first kappa shape index (κ1) is 14.8. The zero-order valence-corrected chi connectivity index (χ0v) is 13.3. The molecule has 96 valence electrons. The van der Waals surface area contributed by atoms with Gasteiger partial charge in [-0.1, -0.05) is 74.8 Å². The molecule has 1 aromatic rings. The second kappa shape index (κ2) is 6.04. The van der Waals surface area contributed by atoms with Crippen molar-refractivity contribution in [3.63, 3.8) is 0 Å². The summed E-state index contributed by atoms with van der Waals surface area (Å²) in [4.78, 5) is 0.436. The van der Waals surface area contributed by atoms with Crippen molar-refractivity contribution in [3.05, 3.63) is 35.4 Å². The van der Waals surface area contributed by atoms with Gasteiger partial charge in [-0.15, -0.1) is 0 Å². The van der Waals surface area contributed by atoms with Crippen LogP contribution in [0.15, 0.2) is 24.3 Å². The molecule has 0 fully saturated rings. The highest BCUT2D eigenvalue weighted by Crippen LogP contribution is 2.42. The van der Waals surface area contributed by atoms with Gasteiger partial charge in [0.2, 0.25) is 0 Å². The van der Waals surface area contributed by atoms with E-state index in [2.05, 4.69) is 74.8 Å². The number of hydrogen-bond acceptors (Lipinski definition) is 0. The van der Waals surface area contributed by atoms with Gasteiger partial charge in [0.15, 0.2) is 0 Å². The van der Waals surface area contributed by atoms with Crippen molar-refractivity contribution in [1.29, 1.82) is 0 Å². The summed E-state index contributed by atoms with van der Waals surface area (Å²) >= 11 is 3.85. The Labute approximate surface area is 115 Å². The van der Waals surface area contributed by atoms with Crippen molar-refractivity contribution >= 4 is 15.9 Å². The third-order valence-electron chi connectivity index (χ3n) is 4.01. The predicted molar refractivity (Wildman–Crippen MR) is 80.9 cm³/mol. The lowest BCUT2D eigenvalue weighted by atomic mass is 9.83. The fourth-order valence-electron chi connectivity index (χ4n) is 1.86. The molecular weight excluding hydrogens is 272 g/mol. The molecule has 0 saturated carbocycles. The van der Waals surface area contributed by atoms with Crippen LogP contribution in [-0.4, -0.2) is 0 Å². The molecule has 0 saturated heterocycles. The highest BCUT2D eigenvalue weighted by Gasteiger charge is 2.26. The molecule has 0 bridgehead atoms. The Balaban J connectivity index is 2.88. The predicted octanol–water partition coefficient (Wildman–Crippen LogP) is 6.07. The third-order valence-corrected chi connectivity index (χ3v) is 5.78. The van der Waals surface area contributed by atoms with Gasteiger partial charge in [-0.2, -0.15) is 0 Å². The third kappa shape index (κ3) is 3.58. The van der Waals surface area contributed by atoms with Gasteiger partial charge in [0, 0.05) is 4.83 Å². The number of alkyl halides is 1. The normalized spacial score (nSPS) is 15.6. The number of hydrogen-bond donors (Lipinski definition) is 0. The molecule has 17 heavy (non-hydrogen) atoms. The van der Waals surface area contributed by atoms with Crippen LogP contribution in [0.2, 0.25) is 0 Å². The van der Waals surface area contributed by atoms with Gasteiger partial charge in [-0.25, -0.2) is 0 Å². The summed E-state index contributed by atoms with van der Waals surface area (Å²) in [6.07, 6.45) is 2.38. The molecule has 0 N–H and O–H groups in total. The van der Waals surface area contributed by atoms with Crippen molar-refractivity contribution < 1.29 is 0 Å². The van der Waals surface area contributed by atoms with E-state index in [4.69, 9.17) is 0 Å². The zero-order chi connectivity index (χ0) is 13.1. The summed E-state index contributed by atoms with van der Waals surface area (Å²) in [5.41, 5.74) is 3.15. The smallest absolute Gasteiger partial charge is 0.0446 e. The van der Waals surface area contributed by atoms with Gasteiger partial charge in [0.05, 0.1) is 0 Å². The van der Waals surface area contributed by atoms with Crippen molar-refractivity contribution in [2.24, 2.45) is 5.41 Å². The summed E-state index contributed by atoms with van der Waals surface area (Å²) < 4.78 is 0. The SMILES string of the molecule is CCC(C)c1ccc(C(Br)C(C)(C)CC)cc1. The first-order valence-corrected chi connectivity index (χ1v) is 7.57. The Kier molecular flexibility index (Phi) is 5.24. The largest absolute Gasteiger partial charge is 0.0833 e. The van der Waals surface area contributed by atoms with Gasteiger partial charge in [-0.05, 0) is 35.3 Å². The van der Waals surface area contributed by atoms with Crippen LogP contribution in [0.1, 0.15) is 69.3 Å². The van der Waals surface area contributed by atoms with Gasteiger partial charge < -0.3 is 0 Å². The lowest BCUT2D eigenvalue weighted by Gasteiger charge is -2.29. The zero-order valence-electron chi connectivity index (χ0n) is 11.8. The molecule has 0 radical (unpaired) electrons. The first-order valence-electron chi connectivity index (χ1n) is 6.66. The minimum atomic E-state index is 0.303. The Morgan fingerprint density at radius 2 is 1.53 bits per heavy atom. The maximum absolute atomic E-state index is 3.85. The van der Waals surface area contributed by atoms with Crippen molar-refractivity contribution in [3.8, 4) is 0 Å². The Morgan fingerprint density at radius 1 is 1.06 bits per heavy atom. The quantitative estimate of drug-likeness (QED) is 0.578. The lowest BCUT2D eigenvalue weighted by molar-refractivity contribution is 0.346. The highest BCUT2D eigenvalue weighted by atomic mass is 79.9. The summed E-state index contributed by atoms with van der Waals surface area (Å²) in [5.74, 6) is 0.664. The standard InChI is InChI=1S/C16H25Br/c1-6-12(3)13-8-10-14(11-9-13)15(17)16(4,5)7-2/h8-12,15H,6-7H2,1-5H3. The van der Waals surface area contributed by atoms with E-state index in [-0.39, 0.29) is 0 Å². The van der Waals surface area contributed by atoms with E-state index in [0.29, 0.717) is 16.2 Å². The maximum atomic E-state index is 3.85. The monoisotopic (exact) mass is 296 g/mol. The Morgan fingerprint density at radius 3 is 1.94 bits per heavy atom. The second-order valence-electron chi connectivity index (χ2n) is 5.68. The number of halogens is 1. The van der Waals surface area contributed by atoms with Crippen LogP contribution in [0.5, 0.6) is 0 Å². The number of rotatable bonds is 5. The van der Waals surface area contributed by atoms with E-state index in [0.717, 1.165) is 0 Å². The molecule has 0 aliphatic rings. The first-order chi connectivity index (χ1) is 7.92. The van der Waals surface area contributed by atoms with Crippen LogP contribution in [0.3, 0.4) is 0 Å². The average Bonchev–Trinajstić information content (AvgIpc) is 2.37. The van der Waals surface area contributed by atoms with Crippen LogP contribution in [-0.2, 0) is 0 Å². The second-order valence-corrected chi connectivity index (χ2v) is 6.60. The molecule has 0 aliphatic carbocycles. The van der Waals surface area contributed by atoms with Crippen LogP contribution in [0.4, 0.5) is 0 Å². The van der Waals surface area contributed by atoms with Crippen LogP contribution in [0, 0.1) is 5.41 Å². The number of benzene rings is 1. The van der Waals surface area contributed by atoms with Crippen LogP contribution >= 0.6 is 15.9 Å². The molecule has 0 amide bonds. The molecule has 2 unspecified atom stereocenters. The molecule has 0 heterocycles. The van der Waals surface area contributed by atoms with Crippen molar-refractivity contribution in [2.45, 2.75) is 58.2 Å². The Bertz CT molecular complexity index is 337. The van der Waals surface area contributed by atoms with Gasteiger partial charge in [-0.3, -0.25) is 0 Å². The van der Waals surface area contributed by atoms with Gasteiger partial charge >= 0.3 is 0 Å². The minimum absolute atomic E-state index is 0.303. The Hall–Kier alpha value is -0.300. The van der Waals surface area contributed by atoms with E-state index in [1.807, 2.05) is 0 Å². The molecule has 1 aromatic carbocycles. The van der Waals surface area contributed by atoms with E-state index in [1.54, 1.807) is 0 Å². The van der Waals surface area contributed by atoms with Crippen LogP contribution in [0.25, 0.3) is 0 Å². The molecular formula is C16H25Br. The van der Waals surface area contributed by atoms with Gasteiger partial charge in [0.1, 0.15) is 0 Å². The summed E-state index contributed by atoms with van der Waals surface area (Å²) in [5, 5.41) is 0. The van der Waals surface area contributed by atoms with Crippen molar-refractivity contribution in [1.82, 2.24) is 0 Å². The van der Waals surface area contributed by atoms with E-state index >= 15 is 0 Å². The topological polar surface area (TPSA) is 0 Å². The highest BCUT2D eigenvalue weighted by molar-refractivity contribution is 9.09. The molecule has 0 nitrogen and oxygen atoms in total. The molecule has 2 atom stereocenters. The minimum Gasteiger partial charge on any atom is -0.0833 e. The molecule has 0 aliphatic heterocycles. The molecule has 1 rings (SSSR count). The maximum Gasteiger partial charge on any atom is 0.0446 e. The molecule has 0 spiro atoms. The van der Waals surface area contributed by atoms with E-state index in [1.165, 1.54) is 24.0 Å². The fraction of sp³-hybridized carbons (Fsp3) is 0.625. The molecule has 1 heteroatoms. The summed E-state index contributed by atoms with van der Waals surface area (Å²) in [6, 6.07) is 9.11. The summed E-state index contributed by atoms with van der Waals surface area (Å²) in [7, 11) is 0. The van der Waals surface area contributed by atoms with E-state index in [9.17, 15) is 0 Å². The molecule has 0 aromatic heterocycles. The van der Waals surface area contributed by atoms with Crippen LogP contribution < -0.4 is 0 Å².